The van der Waals surface area contributed by atoms with Gasteiger partial charge in [0.2, 0.25) is 0 Å². The highest BCUT2D eigenvalue weighted by molar-refractivity contribution is 7.86. The molecule has 0 spiro atoms. The summed E-state index contributed by atoms with van der Waals surface area (Å²) in [5, 5.41) is 12.0. The number of rotatable bonds is 2. The smallest absolute Gasteiger partial charge is 0.391 e. The zero-order chi connectivity index (χ0) is 16.3. The summed E-state index contributed by atoms with van der Waals surface area (Å²) in [5.41, 5.74) is -4.51. The Morgan fingerprint density at radius 3 is 2.50 bits per heavy atom. The summed E-state index contributed by atoms with van der Waals surface area (Å²) in [6.45, 7) is 0.737. The number of amides is 2. The van der Waals surface area contributed by atoms with E-state index in [1.807, 2.05) is 0 Å². The number of piperidine rings is 1. The molecular formula is C13H15F3N2O3S. The lowest BCUT2D eigenvalue weighted by Gasteiger charge is -2.30. The third-order valence-corrected chi connectivity index (χ3v) is 4.33. The Morgan fingerprint density at radius 2 is 1.95 bits per heavy atom. The molecule has 22 heavy (non-hydrogen) atoms. The number of anilines is 1. The van der Waals surface area contributed by atoms with Crippen molar-refractivity contribution >= 4 is 22.5 Å². The molecule has 0 radical (unpaired) electrons. The molecule has 5 nitrogen and oxygen atoms in total. The number of hydrogen-bond acceptors (Lipinski definition) is 3. The van der Waals surface area contributed by atoms with Gasteiger partial charge in [0.1, 0.15) is 0 Å². The normalized spacial score (nSPS) is 20.5. The maximum absolute atomic E-state index is 12.3. The highest BCUT2D eigenvalue weighted by Crippen LogP contribution is 2.27. The Hall–Kier alpha value is -1.61. The summed E-state index contributed by atoms with van der Waals surface area (Å²) in [6.07, 6.45) is 0.774. The van der Waals surface area contributed by atoms with Crippen molar-refractivity contribution in [3.8, 4) is 0 Å². The summed E-state index contributed by atoms with van der Waals surface area (Å²) in [5.74, 6) is 0. The van der Waals surface area contributed by atoms with Gasteiger partial charge in [-0.25, -0.2) is 9.00 Å². The minimum Gasteiger partial charge on any atom is -0.391 e. The van der Waals surface area contributed by atoms with Gasteiger partial charge in [-0.05, 0) is 37.1 Å². The van der Waals surface area contributed by atoms with E-state index in [0.29, 0.717) is 25.1 Å². The number of carbonyl (C=O) groups is 1. The van der Waals surface area contributed by atoms with Crippen LogP contribution in [0, 0.1) is 0 Å². The summed E-state index contributed by atoms with van der Waals surface area (Å²) >= 11 is 0. The number of aliphatic hydroxyl groups is 1. The van der Waals surface area contributed by atoms with E-state index in [1.54, 1.807) is 0 Å². The highest BCUT2D eigenvalue weighted by atomic mass is 32.2. The minimum absolute atomic E-state index is 0.224. The number of nitrogens with one attached hydrogen (secondary N) is 1. The van der Waals surface area contributed by atoms with Gasteiger partial charge in [-0.3, -0.25) is 0 Å². The van der Waals surface area contributed by atoms with Gasteiger partial charge in [0.15, 0.2) is 10.8 Å². The number of β-amino-alcohol motifs (C(OH)–C–C–N with tert-alkyl or cyclic N) is 1. The molecule has 1 aliphatic heterocycles. The Bertz CT molecular complexity index is 563. The van der Waals surface area contributed by atoms with E-state index in [-0.39, 0.29) is 11.4 Å². The minimum atomic E-state index is -4.81. The summed E-state index contributed by atoms with van der Waals surface area (Å²) < 4.78 is 48.1. The molecule has 1 saturated heterocycles. The second-order valence-electron chi connectivity index (χ2n) is 4.91. The molecule has 2 rings (SSSR count). The quantitative estimate of drug-likeness (QED) is 0.871. The number of likely N-dealkylation sites (tertiary alicyclic amines) is 1. The van der Waals surface area contributed by atoms with Crippen molar-refractivity contribution in [3.63, 3.8) is 0 Å². The van der Waals surface area contributed by atoms with Crippen LogP contribution in [0.5, 0.6) is 0 Å². The second kappa shape index (κ2) is 6.66. The van der Waals surface area contributed by atoms with Crippen LogP contribution < -0.4 is 5.32 Å². The van der Waals surface area contributed by atoms with E-state index in [4.69, 9.17) is 0 Å². The van der Waals surface area contributed by atoms with Crippen LogP contribution in [0.15, 0.2) is 29.2 Å². The fraction of sp³-hybridized carbons (Fsp3) is 0.462. The number of aliphatic hydroxyl groups excluding tert-OH is 1. The molecule has 2 atom stereocenters. The fourth-order valence-electron chi connectivity index (χ4n) is 2.14. The van der Waals surface area contributed by atoms with E-state index in [2.05, 4.69) is 5.32 Å². The third kappa shape index (κ3) is 4.20. The van der Waals surface area contributed by atoms with E-state index in [0.717, 1.165) is 12.1 Å². The maximum Gasteiger partial charge on any atom is 0.475 e. The van der Waals surface area contributed by atoms with Crippen molar-refractivity contribution in [2.24, 2.45) is 0 Å². The molecule has 0 aliphatic carbocycles. The number of urea groups is 1. The SMILES string of the molecule is O=C(Nc1ccc(S(=O)C(F)(F)F)cc1)N1CCCC(O)C1. The molecule has 2 N–H and O–H groups in total. The molecule has 1 aliphatic rings. The Morgan fingerprint density at radius 1 is 1.32 bits per heavy atom. The first-order valence-electron chi connectivity index (χ1n) is 6.60. The van der Waals surface area contributed by atoms with Crippen molar-refractivity contribution in [1.82, 2.24) is 4.90 Å². The lowest BCUT2D eigenvalue weighted by Crippen LogP contribution is -2.44. The molecule has 1 aromatic carbocycles. The molecular weight excluding hydrogens is 321 g/mol. The van der Waals surface area contributed by atoms with Gasteiger partial charge in [-0.2, -0.15) is 13.2 Å². The van der Waals surface area contributed by atoms with Crippen LogP contribution in [0.1, 0.15) is 12.8 Å². The summed E-state index contributed by atoms with van der Waals surface area (Å²) in [4.78, 5) is 13.0. The monoisotopic (exact) mass is 336 g/mol. The van der Waals surface area contributed by atoms with Crippen LogP contribution in [-0.2, 0) is 10.8 Å². The average molecular weight is 336 g/mol. The lowest BCUT2D eigenvalue weighted by molar-refractivity contribution is -0.0384. The fourth-order valence-corrected chi connectivity index (χ4v) is 2.79. The first-order valence-corrected chi connectivity index (χ1v) is 7.75. The lowest BCUT2D eigenvalue weighted by atomic mass is 10.1. The molecule has 0 bridgehead atoms. The first-order chi connectivity index (χ1) is 10.3. The number of carbonyl (C=O) groups excluding carboxylic acids is 1. The second-order valence-corrected chi connectivity index (χ2v) is 6.38. The van der Waals surface area contributed by atoms with E-state index in [1.165, 1.54) is 17.0 Å². The number of hydrogen-bond donors (Lipinski definition) is 2. The van der Waals surface area contributed by atoms with Crippen LogP contribution in [0.25, 0.3) is 0 Å². The molecule has 1 heterocycles. The highest BCUT2D eigenvalue weighted by Gasteiger charge is 2.37. The molecule has 1 fully saturated rings. The first kappa shape index (κ1) is 16.8. The standard InChI is InChI=1S/C13H15F3N2O3S/c14-13(15,16)22(21)11-5-3-9(4-6-11)17-12(20)18-7-1-2-10(19)8-18/h3-6,10,19H,1-2,7-8H2,(H,17,20). The Kier molecular flexibility index (Phi) is 5.07. The van der Waals surface area contributed by atoms with Gasteiger partial charge in [0.05, 0.1) is 6.10 Å². The Balaban J connectivity index is 1.99. The molecule has 2 unspecified atom stereocenters. The van der Waals surface area contributed by atoms with Crippen molar-refractivity contribution in [2.75, 3.05) is 18.4 Å². The Labute approximate surface area is 127 Å². The molecule has 0 aromatic heterocycles. The number of alkyl halides is 3. The largest absolute Gasteiger partial charge is 0.475 e. The van der Waals surface area contributed by atoms with Crippen molar-refractivity contribution in [1.29, 1.82) is 0 Å². The van der Waals surface area contributed by atoms with Crippen LogP contribution in [-0.4, -0.2) is 44.9 Å². The molecule has 122 valence electrons. The maximum atomic E-state index is 12.3. The van der Waals surface area contributed by atoms with Gasteiger partial charge in [0, 0.05) is 23.7 Å². The third-order valence-electron chi connectivity index (χ3n) is 3.21. The molecule has 9 heteroatoms. The van der Waals surface area contributed by atoms with E-state index < -0.39 is 28.4 Å². The van der Waals surface area contributed by atoms with Crippen LogP contribution in [0.3, 0.4) is 0 Å². The zero-order valence-corrected chi connectivity index (χ0v) is 12.3. The van der Waals surface area contributed by atoms with E-state index in [9.17, 15) is 27.3 Å². The van der Waals surface area contributed by atoms with Gasteiger partial charge < -0.3 is 15.3 Å². The number of halogens is 3. The molecule has 1 aromatic rings. The molecule has 2 amide bonds. The van der Waals surface area contributed by atoms with Crippen molar-refractivity contribution in [2.45, 2.75) is 29.3 Å². The topological polar surface area (TPSA) is 69.6 Å². The van der Waals surface area contributed by atoms with Gasteiger partial charge in [-0.15, -0.1) is 0 Å². The average Bonchev–Trinajstić information content (AvgIpc) is 2.46. The summed E-state index contributed by atoms with van der Waals surface area (Å²) in [7, 11) is -3.09. The van der Waals surface area contributed by atoms with Crippen molar-refractivity contribution in [3.05, 3.63) is 24.3 Å². The number of nitrogens with zero attached hydrogens (tertiary/aromatic N) is 1. The van der Waals surface area contributed by atoms with Gasteiger partial charge >= 0.3 is 11.5 Å². The van der Waals surface area contributed by atoms with Crippen molar-refractivity contribution < 1.29 is 27.3 Å². The van der Waals surface area contributed by atoms with Gasteiger partial charge in [-0.1, -0.05) is 0 Å². The van der Waals surface area contributed by atoms with E-state index >= 15 is 0 Å². The number of benzene rings is 1. The van der Waals surface area contributed by atoms with Crippen LogP contribution >= 0.6 is 0 Å². The zero-order valence-electron chi connectivity index (χ0n) is 11.5. The van der Waals surface area contributed by atoms with Crippen LogP contribution in [0.2, 0.25) is 0 Å². The summed E-state index contributed by atoms with van der Waals surface area (Å²) in [6, 6.07) is 4.21. The predicted octanol–water partition coefficient (Wildman–Crippen LogP) is 2.30. The van der Waals surface area contributed by atoms with Crippen LogP contribution in [0.4, 0.5) is 23.7 Å². The van der Waals surface area contributed by atoms with Gasteiger partial charge in [0.25, 0.3) is 0 Å². The predicted molar refractivity (Wildman–Crippen MR) is 74.7 cm³/mol. The molecule has 0 saturated carbocycles.